The molecule has 70 valence electrons. The molecule has 0 aromatic rings. The normalized spacial score (nSPS) is 1.45. The summed E-state index contributed by atoms with van der Waals surface area (Å²) >= 11 is 0. The van der Waals surface area contributed by atoms with E-state index in [2.05, 4.69) is 0 Å². The van der Waals surface area contributed by atoms with Crippen molar-refractivity contribution in [3.63, 3.8) is 0 Å². The van der Waals surface area contributed by atoms with Crippen molar-refractivity contribution < 1.29 is 32.0 Å². The third kappa shape index (κ3) is 644. The minimum Gasteiger partial charge on any atom is -0.870 e. The Labute approximate surface area is 76.8 Å². The Hall–Kier alpha value is -0.852. The summed E-state index contributed by atoms with van der Waals surface area (Å²) in [4.78, 5) is 3.00. The van der Waals surface area contributed by atoms with Crippen LogP contribution in [0.4, 0.5) is 0 Å². The maximum Gasteiger partial charge on any atom is 4.00 e. The minimum absolute atomic E-state index is 0. The van der Waals surface area contributed by atoms with Crippen LogP contribution in [0.5, 0.6) is 0 Å². The molecule has 0 aliphatic carbocycles. The Morgan fingerprint density at radius 2 is 0.636 bits per heavy atom. The minimum atomic E-state index is 0. The quantitative estimate of drug-likeness (QED) is 0.286. The van der Waals surface area contributed by atoms with Crippen molar-refractivity contribution in [2.24, 2.45) is 0 Å². The van der Waals surface area contributed by atoms with Crippen molar-refractivity contribution in [2.75, 3.05) is 0 Å². The zero-order chi connectivity index (χ0) is 5.41. The first kappa shape index (κ1) is 85.7. The van der Waals surface area contributed by atoms with E-state index in [-0.39, 0.29) is 44.3 Å². The average Bonchev–Trinajstić information content (AvgIpc) is 1.39. The smallest absolute Gasteiger partial charge is 0.870 e. The van der Waals surface area contributed by atoms with Crippen molar-refractivity contribution >= 4 is 0 Å². The SMILES string of the molecule is [15NH3].[15NH3].[N-]=[N+]=[15N-].[N-]=[N+]=[15N-].[OH-].[OH-].[Pt+4]. The molecule has 0 saturated heterocycles. The van der Waals surface area contributed by atoms with E-state index in [1.807, 2.05) is 0 Å². The molecule has 0 heterocycles. The Morgan fingerprint density at radius 1 is 0.636 bits per heavy atom. The van der Waals surface area contributed by atoms with Crippen LogP contribution >= 0.6 is 0 Å². The number of hydrogen-bond donors (Lipinski definition) is 2. The molecule has 0 aromatic heterocycles. The number of nitrogens with zero attached hydrogens (tertiary/aromatic N) is 6. The Kier molecular flexibility index (Phi) is 3590. The standard InChI is InChI=1S/2N3.2H3N.2H2O.Pt/c2*1-3-2;;;;;/h;;2*1H3;2*1H2;/q2*-1;;;;;+4/p-2/i4*1+1;;;. The first-order valence-corrected chi connectivity index (χ1v) is 0.800. The summed E-state index contributed by atoms with van der Waals surface area (Å²) < 4.78 is 0. The van der Waals surface area contributed by atoms with E-state index in [9.17, 15) is 0 Å². The first-order valence-electron chi connectivity index (χ1n) is 0.800. The van der Waals surface area contributed by atoms with Gasteiger partial charge < -0.3 is 45.4 Å². The molecular weight excluding hydrogens is 343 g/mol. The topological polar surface area (TPSA) is 247 Å². The van der Waals surface area contributed by atoms with Gasteiger partial charge in [0.25, 0.3) is 0 Å². The zero-order valence-corrected chi connectivity index (χ0v) is 7.58. The Bertz CT molecular complexity index is 66.1. The molecule has 0 atom stereocenters. The molecule has 0 unspecified atom stereocenters. The average molecular weight is 351 g/mol. The van der Waals surface area contributed by atoms with Gasteiger partial charge in [-0.25, -0.2) is 0 Å². The summed E-state index contributed by atoms with van der Waals surface area (Å²) in [5.41, 5.74) is 27.0. The molecule has 0 fully saturated rings. The van der Waals surface area contributed by atoms with Crippen molar-refractivity contribution in [1.82, 2.24) is 12.3 Å². The van der Waals surface area contributed by atoms with E-state index in [1.54, 1.807) is 0 Å². The molecule has 0 radical (unpaired) electrons. The van der Waals surface area contributed by atoms with Crippen LogP contribution in [-0.4, -0.2) is 11.0 Å². The van der Waals surface area contributed by atoms with E-state index < -0.39 is 0 Å². The third-order valence-electron chi connectivity index (χ3n) is 0. The van der Waals surface area contributed by atoms with Gasteiger partial charge in [0, 0.05) is 0 Å². The summed E-state index contributed by atoms with van der Waals surface area (Å²) in [6, 6.07) is 0. The van der Waals surface area contributed by atoms with E-state index in [1.165, 1.54) is 9.82 Å². The van der Waals surface area contributed by atoms with Crippen LogP contribution in [-0.2, 0) is 21.1 Å². The first-order chi connectivity index (χ1) is 2.83. The van der Waals surface area contributed by atoms with Gasteiger partial charge in [-0.05, 0) is 0 Å². The summed E-state index contributed by atoms with van der Waals surface area (Å²) in [5, 5.41) is 0. The van der Waals surface area contributed by atoms with Gasteiger partial charge in [0.05, 0.1) is 0 Å². The van der Waals surface area contributed by atoms with Gasteiger partial charge in [-0.15, -0.1) is 0 Å². The fourth-order valence-corrected chi connectivity index (χ4v) is 0. The van der Waals surface area contributed by atoms with Crippen molar-refractivity contribution in [3.8, 4) is 0 Å². The maximum atomic E-state index is 6.75. The molecule has 8 N–H and O–H groups in total. The predicted octanol–water partition coefficient (Wildman–Crippen LogP) is 1.70. The molecule has 0 rings (SSSR count). The summed E-state index contributed by atoms with van der Waals surface area (Å²) in [6.45, 7) is 0. The molecule has 0 aromatic carbocycles. The van der Waals surface area contributed by atoms with Crippen LogP contribution in [0.1, 0.15) is 0 Å². The second kappa shape index (κ2) is 461. The van der Waals surface area contributed by atoms with Crippen molar-refractivity contribution in [2.45, 2.75) is 0 Å². The fraction of sp³-hybridized carbons (Fsp3) is 0. The largest absolute Gasteiger partial charge is 4.00 e. The second-order valence-electron chi connectivity index (χ2n) is 0.179. The third-order valence-corrected chi connectivity index (χ3v) is 0. The molecule has 0 aliphatic heterocycles. The van der Waals surface area contributed by atoms with Gasteiger partial charge in [-0.3, -0.25) is 9.82 Å². The fourth-order valence-electron chi connectivity index (χ4n) is 0. The van der Waals surface area contributed by atoms with Crippen LogP contribution in [0, 0.1) is 0 Å². The van der Waals surface area contributed by atoms with Gasteiger partial charge >= 0.3 is 21.1 Å². The van der Waals surface area contributed by atoms with Gasteiger partial charge in [-0.2, -0.15) is 0 Å². The van der Waals surface area contributed by atoms with E-state index >= 15 is 0 Å². The van der Waals surface area contributed by atoms with Crippen LogP contribution in [0.15, 0.2) is 0 Å². The summed E-state index contributed by atoms with van der Waals surface area (Å²) in [6.07, 6.45) is 0. The molecule has 10 nitrogen and oxygen atoms in total. The van der Waals surface area contributed by atoms with Crippen molar-refractivity contribution in [3.05, 3.63) is 31.9 Å². The van der Waals surface area contributed by atoms with Crippen LogP contribution in [0.3, 0.4) is 0 Å². The van der Waals surface area contributed by atoms with Crippen LogP contribution in [0.2, 0.25) is 0 Å². The molecule has 0 saturated carbocycles. The monoisotopic (exact) mass is 351 g/mol. The second-order valence-corrected chi connectivity index (χ2v) is 0.179. The van der Waals surface area contributed by atoms with E-state index in [0.717, 1.165) is 0 Å². The van der Waals surface area contributed by atoms with Gasteiger partial charge in [0.1, 0.15) is 0 Å². The number of rotatable bonds is 0. The zero-order valence-electron chi connectivity index (χ0n) is 5.31. The van der Waals surface area contributed by atoms with E-state index in [4.69, 9.17) is 22.1 Å². The number of hydrogen-bond acceptors (Lipinski definition) is 4. The molecule has 11 heavy (non-hydrogen) atoms. The molecule has 0 aliphatic rings. The Morgan fingerprint density at radius 3 is 0.636 bits per heavy atom. The van der Waals surface area contributed by atoms with E-state index in [0.29, 0.717) is 0 Å². The molecule has 11 heteroatoms. The Balaban J connectivity index is -0.00000000400. The van der Waals surface area contributed by atoms with Crippen LogP contribution in [0.25, 0.3) is 31.9 Å². The van der Waals surface area contributed by atoms with Crippen LogP contribution < -0.4 is 12.3 Å². The summed E-state index contributed by atoms with van der Waals surface area (Å²) in [5.74, 6) is 0. The molecule has 0 bridgehead atoms. The predicted molar refractivity (Wildman–Crippen MR) is 34.1 cm³/mol. The molecule has 0 amide bonds. The maximum absolute atomic E-state index is 6.75. The van der Waals surface area contributed by atoms with Crippen molar-refractivity contribution in [1.29, 1.82) is 0 Å². The van der Waals surface area contributed by atoms with Gasteiger partial charge in [-0.1, -0.05) is 0 Å². The van der Waals surface area contributed by atoms with Gasteiger partial charge in [0.15, 0.2) is 0 Å². The van der Waals surface area contributed by atoms with Gasteiger partial charge in [0.2, 0.25) is 0 Å². The summed E-state index contributed by atoms with van der Waals surface area (Å²) in [7, 11) is 0. The molecular formula is H8N8O2Pt. The molecule has 0 spiro atoms.